The molecule has 7 heteroatoms. The number of likely N-dealkylation sites (tertiary alicyclic amines) is 1. The molecule has 3 amide bonds. The van der Waals surface area contributed by atoms with Crippen LogP contribution in [0.1, 0.15) is 54.3 Å². The SMILES string of the molecule is CCCNC(=O)C1CCCN(C(=O)c2cccc(NC(=O)CCCc3cccs3)c2)C1. The number of thiophene rings is 1. The summed E-state index contributed by atoms with van der Waals surface area (Å²) in [6, 6.07) is 11.2. The number of benzene rings is 1. The van der Waals surface area contributed by atoms with Gasteiger partial charge in [-0.15, -0.1) is 11.3 Å². The number of hydrogen-bond acceptors (Lipinski definition) is 4. The number of carbonyl (C=O) groups excluding carboxylic acids is 3. The highest BCUT2D eigenvalue weighted by atomic mass is 32.1. The van der Waals surface area contributed by atoms with Gasteiger partial charge in [-0.3, -0.25) is 14.4 Å². The molecule has 1 atom stereocenters. The van der Waals surface area contributed by atoms with Crippen molar-refractivity contribution in [2.45, 2.75) is 45.4 Å². The molecule has 1 aliphatic rings. The van der Waals surface area contributed by atoms with E-state index in [0.717, 1.165) is 32.1 Å². The van der Waals surface area contributed by atoms with Crippen LogP contribution in [0.3, 0.4) is 0 Å². The van der Waals surface area contributed by atoms with Crippen LogP contribution in [0, 0.1) is 5.92 Å². The number of anilines is 1. The van der Waals surface area contributed by atoms with E-state index in [1.807, 2.05) is 18.4 Å². The van der Waals surface area contributed by atoms with Crippen LogP contribution in [-0.4, -0.2) is 42.3 Å². The highest BCUT2D eigenvalue weighted by molar-refractivity contribution is 7.09. The van der Waals surface area contributed by atoms with E-state index in [-0.39, 0.29) is 23.6 Å². The van der Waals surface area contributed by atoms with Crippen LogP contribution in [0.15, 0.2) is 41.8 Å². The number of nitrogens with one attached hydrogen (secondary N) is 2. The molecule has 2 aromatic rings. The molecular formula is C24H31N3O3S. The van der Waals surface area contributed by atoms with E-state index in [2.05, 4.69) is 16.7 Å². The van der Waals surface area contributed by atoms with Gasteiger partial charge in [-0.2, -0.15) is 0 Å². The third-order valence-electron chi connectivity index (χ3n) is 5.43. The predicted molar refractivity (Wildman–Crippen MR) is 124 cm³/mol. The van der Waals surface area contributed by atoms with E-state index in [1.54, 1.807) is 40.5 Å². The van der Waals surface area contributed by atoms with Crippen LogP contribution in [0.2, 0.25) is 0 Å². The van der Waals surface area contributed by atoms with Gasteiger partial charge < -0.3 is 15.5 Å². The first kappa shape index (κ1) is 23.0. The average Bonchev–Trinajstić information content (AvgIpc) is 3.30. The molecule has 1 unspecified atom stereocenters. The van der Waals surface area contributed by atoms with E-state index in [4.69, 9.17) is 0 Å². The Morgan fingerprint density at radius 3 is 2.84 bits per heavy atom. The summed E-state index contributed by atoms with van der Waals surface area (Å²) < 4.78 is 0. The monoisotopic (exact) mass is 441 g/mol. The third-order valence-corrected chi connectivity index (χ3v) is 6.37. The molecule has 0 bridgehead atoms. The summed E-state index contributed by atoms with van der Waals surface area (Å²) >= 11 is 1.70. The van der Waals surface area contributed by atoms with Gasteiger partial charge in [0.15, 0.2) is 0 Å². The van der Waals surface area contributed by atoms with Gasteiger partial charge in [-0.1, -0.05) is 19.1 Å². The maximum atomic E-state index is 13.0. The van der Waals surface area contributed by atoms with Crippen molar-refractivity contribution in [2.75, 3.05) is 25.0 Å². The second kappa shape index (κ2) is 11.6. The molecule has 0 radical (unpaired) electrons. The number of carbonyl (C=O) groups is 3. The Balaban J connectivity index is 1.53. The number of amides is 3. The lowest BCUT2D eigenvalue weighted by molar-refractivity contribution is -0.126. The highest BCUT2D eigenvalue weighted by Crippen LogP contribution is 2.21. The Bertz CT molecular complexity index is 882. The zero-order valence-corrected chi connectivity index (χ0v) is 18.9. The molecule has 2 heterocycles. The van der Waals surface area contributed by atoms with Crippen LogP contribution in [0.5, 0.6) is 0 Å². The van der Waals surface area contributed by atoms with Crippen molar-refractivity contribution >= 4 is 34.7 Å². The Morgan fingerprint density at radius 2 is 2.06 bits per heavy atom. The Labute approximate surface area is 188 Å². The Kier molecular flexibility index (Phi) is 8.64. The van der Waals surface area contributed by atoms with Crippen LogP contribution in [-0.2, 0) is 16.0 Å². The molecule has 1 fully saturated rings. The summed E-state index contributed by atoms with van der Waals surface area (Å²) in [4.78, 5) is 40.6. The molecule has 166 valence electrons. The second-order valence-corrected chi connectivity index (χ2v) is 8.98. The minimum absolute atomic E-state index is 0.0305. The number of rotatable bonds is 9. The van der Waals surface area contributed by atoms with E-state index in [0.29, 0.717) is 37.3 Å². The van der Waals surface area contributed by atoms with Gasteiger partial charge in [-0.05, 0) is 61.7 Å². The topological polar surface area (TPSA) is 78.5 Å². The Morgan fingerprint density at radius 1 is 1.19 bits per heavy atom. The van der Waals surface area contributed by atoms with Crippen LogP contribution >= 0.6 is 11.3 Å². The minimum atomic E-state index is -0.157. The molecule has 3 rings (SSSR count). The molecule has 1 saturated heterocycles. The maximum absolute atomic E-state index is 13.0. The van der Waals surface area contributed by atoms with Crippen molar-refractivity contribution in [3.63, 3.8) is 0 Å². The lowest BCUT2D eigenvalue weighted by atomic mass is 9.96. The van der Waals surface area contributed by atoms with E-state index < -0.39 is 0 Å². The lowest BCUT2D eigenvalue weighted by Gasteiger charge is -2.32. The molecule has 0 spiro atoms. The lowest BCUT2D eigenvalue weighted by Crippen LogP contribution is -2.45. The van der Waals surface area contributed by atoms with Gasteiger partial charge in [-0.25, -0.2) is 0 Å². The van der Waals surface area contributed by atoms with E-state index >= 15 is 0 Å². The summed E-state index contributed by atoms with van der Waals surface area (Å²) in [5.74, 6) is -0.271. The normalized spacial score (nSPS) is 16.0. The first-order valence-electron chi connectivity index (χ1n) is 11.1. The summed E-state index contributed by atoms with van der Waals surface area (Å²) in [7, 11) is 0. The third kappa shape index (κ3) is 6.92. The predicted octanol–water partition coefficient (Wildman–Crippen LogP) is 4.09. The van der Waals surface area contributed by atoms with Crippen molar-refractivity contribution < 1.29 is 14.4 Å². The van der Waals surface area contributed by atoms with Gasteiger partial charge in [0.2, 0.25) is 11.8 Å². The van der Waals surface area contributed by atoms with Gasteiger partial charge in [0.05, 0.1) is 5.92 Å². The molecular weight excluding hydrogens is 410 g/mol. The van der Waals surface area contributed by atoms with Crippen molar-refractivity contribution in [1.82, 2.24) is 10.2 Å². The molecule has 1 aromatic carbocycles. The summed E-state index contributed by atoms with van der Waals surface area (Å²) in [5.41, 5.74) is 1.16. The first-order valence-corrected chi connectivity index (χ1v) is 11.9. The molecule has 31 heavy (non-hydrogen) atoms. The van der Waals surface area contributed by atoms with E-state index in [1.165, 1.54) is 4.88 Å². The summed E-state index contributed by atoms with van der Waals surface area (Å²) in [5, 5.41) is 7.88. The average molecular weight is 442 g/mol. The van der Waals surface area contributed by atoms with E-state index in [9.17, 15) is 14.4 Å². The van der Waals surface area contributed by atoms with Crippen molar-refractivity contribution in [2.24, 2.45) is 5.92 Å². The number of hydrogen-bond donors (Lipinski definition) is 2. The zero-order valence-electron chi connectivity index (χ0n) is 18.1. The fourth-order valence-electron chi connectivity index (χ4n) is 3.78. The molecule has 0 aliphatic carbocycles. The van der Waals surface area contributed by atoms with Crippen LogP contribution in [0.25, 0.3) is 0 Å². The number of piperidine rings is 1. The first-order chi connectivity index (χ1) is 15.1. The Hall–Kier alpha value is -2.67. The highest BCUT2D eigenvalue weighted by Gasteiger charge is 2.28. The number of aryl methyl sites for hydroxylation is 1. The van der Waals surface area contributed by atoms with Crippen LogP contribution in [0.4, 0.5) is 5.69 Å². The minimum Gasteiger partial charge on any atom is -0.356 e. The van der Waals surface area contributed by atoms with Crippen molar-refractivity contribution in [3.05, 3.63) is 52.2 Å². The fourth-order valence-corrected chi connectivity index (χ4v) is 4.53. The van der Waals surface area contributed by atoms with Gasteiger partial charge in [0.1, 0.15) is 0 Å². The molecule has 0 saturated carbocycles. The van der Waals surface area contributed by atoms with Crippen LogP contribution < -0.4 is 10.6 Å². The molecule has 1 aliphatic heterocycles. The smallest absolute Gasteiger partial charge is 0.253 e. The summed E-state index contributed by atoms with van der Waals surface area (Å²) in [6.45, 7) is 3.77. The summed E-state index contributed by atoms with van der Waals surface area (Å²) in [6.07, 6.45) is 4.65. The maximum Gasteiger partial charge on any atom is 0.253 e. The zero-order chi connectivity index (χ0) is 22.1. The van der Waals surface area contributed by atoms with Crippen molar-refractivity contribution in [1.29, 1.82) is 0 Å². The molecule has 6 nitrogen and oxygen atoms in total. The van der Waals surface area contributed by atoms with Gasteiger partial charge >= 0.3 is 0 Å². The quantitative estimate of drug-likeness (QED) is 0.615. The van der Waals surface area contributed by atoms with Gasteiger partial charge in [0, 0.05) is 42.2 Å². The molecule has 1 aromatic heterocycles. The fraction of sp³-hybridized carbons (Fsp3) is 0.458. The largest absolute Gasteiger partial charge is 0.356 e. The number of nitrogens with zero attached hydrogens (tertiary/aromatic N) is 1. The molecule has 2 N–H and O–H groups in total. The standard InChI is InChI=1S/C24H31N3O3S/c1-2-13-25-23(29)19-8-5-14-27(17-19)24(30)18-7-3-9-20(16-18)26-22(28)12-4-10-21-11-6-15-31-21/h3,6-7,9,11,15-16,19H,2,4-5,8,10,12-14,17H2,1H3,(H,25,29)(H,26,28). The van der Waals surface area contributed by atoms with Gasteiger partial charge in [0.25, 0.3) is 5.91 Å². The second-order valence-electron chi connectivity index (χ2n) is 7.94. The van der Waals surface area contributed by atoms with Crippen molar-refractivity contribution in [3.8, 4) is 0 Å².